The first kappa shape index (κ1) is 16.4. The van der Waals surface area contributed by atoms with Crippen LogP contribution < -0.4 is 5.32 Å². The lowest BCUT2D eigenvalue weighted by atomic mass is 9.92. The Kier molecular flexibility index (Phi) is 8.20. The largest absolute Gasteiger partial charge is 0.301 e. The summed E-state index contributed by atoms with van der Waals surface area (Å²) >= 11 is 0. The molecule has 0 rings (SSSR count). The van der Waals surface area contributed by atoms with Gasteiger partial charge in [0.15, 0.2) is 0 Å². The average Bonchev–Trinajstić information content (AvgIpc) is 2.33. The molecule has 3 nitrogen and oxygen atoms in total. The smallest absolute Gasteiger partial charge is 0.106 e. The van der Waals surface area contributed by atoms with Gasteiger partial charge in [0.2, 0.25) is 0 Å². The van der Waals surface area contributed by atoms with Crippen LogP contribution in [0.5, 0.6) is 0 Å². The van der Waals surface area contributed by atoms with Gasteiger partial charge in [-0.05, 0) is 52.7 Å². The molecule has 17 heavy (non-hydrogen) atoms. The lowest BCUT2D eigenvalue weighted by molar-refractivity contribution is 0.219. The summed E-state index contributed by atoms with van der Waals surface area (Å²) in [6, 6.07) is 3.05. The van der Waals surface area contributed by atoms with Crippen molar-refractivity contribution in [3.63, 3.8) is 0 Å². The van der Waals surface area contributed by atoms with E-state index < -0.39 is 0 Å². The normalized spacial score (nSPS) is 14.9. The molecule has 0 aromatic carbocycles. The molecule has 0 saturated carbocycles. The maximum Gasteiger partial charge on any atom is 0.106 e. The molecule has 0 bridgehead atoms. The van der Waals surface area contributed by atoms with E-state index in [4.69, 9.17) is 0 Å². The topological polar surface area (TPSA) is 39.1 Å². The molecule has 0 aliphatic carbocycles. The summed E-state index contributed by atoms with van der Waals surface area (Å²) < 4.78 is 0. The zero-order valence-electron chi connectivity index (χ0n) is 12.2. The first-order chi connectivity index (χ1) is 8.05. The van der Waals surface area contributed by atoms with Gasteiger partial charge in [-0.25, -0.2) is 0 Å². The van der Waals surface area contributed by atoms with Crippen molar-refractivity contribution in [2.45, 2.75) is 65.5 Å². The first-order valence-electron chi connectivity index (χ1n) is 6.95. The van der Waals surface area contributed by atoms with Crippen LogP contribution in [0.3, 0.4) is 0 Å². The molecule has 0 amide bonds. The summed E-state index contributed by atoms with van der Waals surface area (Å²) in [6.07, 6.45) is 2.91. The molecule has 100 valence electrons. The molecular weight excluding hydrogens is 210 g/mol. The van der Waals surface area contributed by atoms with Gasteiger partial charge in [0.1, 0.15) is 5.54 Å². The lowest BCUT2D eigenvalue weighted by Crippen LogP contribution is -2.44. The number of nitrogens with zero attached hydrogens (tertiary/aromatic N) is 2. The van der Waals surface area contributed by atoms with Crippen molar-refractivity contribution < 1.29 is 0 Å². The highest BCUT2D eigenvalue weighted by Gasteiger charge is 2.26. The number of rotatable bonds is 9. The van der Waals surface area contributed by atoms with Gasteiger partial charge >= 0.3 is 0 Å². The minimum atomic E-state index is -0.314. The van der Waals surface area contributed by atoms with E-state index in [2.05, 4.69) is 50.9 Å². The van der Waals surface area contributed by atoms with E-state index in [-0.39, 0.29) is 5.54 Å². The van der Waals surface area contributed by atoms with Gasteiger partial charge in [0, 0.05) is 6.04 Å². The molecule has 0 aliphatic rings. The minimum absolute atomic E-state index is 0.314. The molecule has 0 aliphatic heterocycles. The van der Waals surface area contributed by atoms with Gasteiger partial charge in [-0.1, -0.05) is 20.8 Å². The third-order valence-electron chi connectivity index (χ3n) is 3.52. The standard InChI is InChI=1S/C14H29N3/c1-6-14(12-15,16-7-2)10-9-11-17(8-3)13(4)5/h13,16H,6-11H2,1-5H3. The second-order valence-electron chi connectivity index (χ2n) is 4.90. The first-order valence-corrected chi connectivity index (χ1v) is 6.95. The molecule has 0 spiro atoms. The fraction of sp³-hybridized carbons (Fsp3) is 0.929. The van der Waals surface area contributed by atoms with Crippen molar-refractivity contribution in [1.29, 1.82) is 5.26 Å². The molecule has 0 radical (unpaired) electrons. The molecule has 3 heteroatoms. The van der Waals surface area contributed by atoms with Crippen LogP contribution in [0.4, 0.5) is 0 Å². The monoisotopic (exact) mass is 239 g/mol. The Hall–Kier alpha value is -0.590. The number of nitriles is 1. The van der Waals surface area contributed by atoms with E-state index in [1.54, 1.807) is 0 Å². The summed E-state index contributed by atoms with van der Waals surface area (Å²) in [6.45, 7) is 13.8. The summed E-state index contributed by atoms with van der Waals surface area (Å²) in [7, 11) is 0. The molecule has 1 N–H and O–H groups in total. The Balaban J connectivity index is 4.19. The van der Waals surface area contributed by atoms with Crippen LogP contribution in [-0.4, -0.2) is 36.1 Å². The van der Waals surface area contributed by atoms with Crippen LogP contribution >= 0.6 is 0 Å². The Morgan fingerprint density at radius 1 is 1.29 bits per heavy atom. The SMILES string of the molecule is CCNC(C#N)(CC)CCCN(CC)C(C)C. The van der Waals surface area contributed by atoms with Gasteiger partial charge in [0.05, 0.1) is 6.07 Å². The average molecular weight is 239 g/mol. The Morgan fingerprint density at radius 2 is 1.94 bits per heavy atom. The molecule has 0 saturated heterocycles. The predicted molar refractivity (Wildman–Crippen MR) is 73.9 cm³/mol. The van der Waals surface area contributed by atoms with Gasteiger partial charge in [-0.3, -0.25) is 5.32 Å². The molecule has 0 aromatic rings. The van der Waals surface area contributed by atoms with Crippen molar-refractivity contribution in [2.24, 2.45) is 0 Å². The fourth-order valence-corrected chi connectivity index (χ4v) is 2.27. The molecule has 1 atom stereocenters. The third kappa shape index (κ3) is 5.52. The van der Waals surface area contributed by atoms with Crippen LogP contribution in [0.1, 0.15) is 53.9 Å². The van der Waals surface area contributed by atoms with Crippen LogP contribution in [0.15, 0.2) is 0 Å². The second-order valence-corrected chi connectivity index (χ2v) is 4.90. The quantitative estimate of drug-likeness (QED) is 0.672. The maximum absolute atomic E-state index is 9.31. The van der Waals surface area contributed by atoms with E-state index in [0.29, 0.717) is 6.04 Å². The van der Waals surface area contributed by atoms with Crippen molar-refractivity contribution in [3.8, 4) is 6.07 Å². The number of nitrogens with one attached hydrogen (secondary N) is 1. The van der Waals surface area contributed by atoms with Crippen LogP contribution in [-0.2, 0) is 0 Å². The second kappa shape index (κ2) is 8.49. The fourth-order valence-electron chi connectivity index (χ4n) is 2.27. The van der Waals surface area contributed by atoms with Crippen LogP contribution in [0, 0.1) is 11.3 Å². The zero-order valence-corrected chi connectivity index (χ0v) is 12.2. The van der Waals surface area contributed by atoms with Crippen molar-refractivity contribution in [2.75, 3.05) is 19.6 Å². The van der Waals surface area contributed by atoms with E-state index in [0.717, 1.165) is 38.9 Å². The van der Waals surface area contributed by atoms with Crippen molar-refractivity contribution in [1.82, 2.24) is 10.2 Å². The van der Waals surface area contributed by atoms with E-state index in [1.807, 2.05) is 0 Å². The van der Waals surface area contributed by atoms with E-state index in [1.165, 1.54) is 0 Å². The maximum atomic E-state index is 9.31. The highest BCUT2D eigenvalue weighted by atomic mass is 15.1. The van der Waals surface area contributed by atoms with Gasteiger partial charge in [-0.15, -0.1) is 0 Å². The summed E-state index contributed by atoms with van der Waals surface area (Å²) in [5.41, 5.74) is -0.314. The van der Waals surface area contributed by atoms with E-state index in [9.17, 15) is 5.26 Å². The summed E-state index contributed by atoms with van der Waals surface area (Å²) in [5, 5.41) is 12.6. The Bertz CT molecular complexity index is 232. The van der Waals surface area contributed by atoms with Crippen molar-refractivity contribution >= 4 is 0 Å². The Morgan fingerprint density at radius 3 is 2.29 bits per heavy atom. The van der Waals surface area contributed by atoms with Crippen LogP contribution in [0.2, 0.25) is 0 Å². The summed E-state index contributed by atoms with van der Waals surface area (Å²) in [4.78, 5) is 2.45. The molecule has 0 heterocycles. The molecule has 0 aromatic heterocycles. The van der Waals surface area contributed by atoms with E-state index >= 15 is 0 Å². The Labute approximate surface area is 107 Å². The lowest BCUT2D eigenvalue weighted by Gasteiger charge is -2.29. The summed E-state index contributed by atoms with van der Waals surface area (Å²) in [5.74, 6) is 0. The van der Waals surface area contributed by atoms with Gasteiger partial charge < -0.3 is 4.90 Å². The molecule has 0 fully saturated rings. The van der Waals surface area contributed by atoms with Crippen molar-refractivity contribution in [3.05, 3.63) is 0 Å². The van der Waals surface area contributed by atoms with Crippen LogP contribution in [0.25, 0.3) is 0 Å². The third-order valence-corrected chi connectivity index (χ3v) is 3.52. The number of hydrogen-bond donors (Lipinski definition) is 1. The minimum Gasteiger partial charge on any atom is -0.301 e. The molecule has 1 unspecified atom stereocenters. The highest BCUT2D eigenvalue weighted by molar-refractivity contribution is 5.06. The van der Waals surface area contributed by atoms with Gasteiger partial charge in [-0.2, -0.15) is 5.26 Å². The zero-order chi connectivity index (χ0) is 13.3. The predicted octanol–water partition coefficient (Wildman–Crippen LogP) is 2.78. The van der Waals surface area contributed by atoms with Gasteiger partial charge in [0.25, 0.3) is 0 Å². The number of hydrogen-bond acceptors (Lipinski definition) is 3. The highest BCUT2D eigenvalue weighted by Crippen LogP contribution is 2.17. The molecular formula is C14H29N3.